The Bertz CT molecular complexity index is 1200. The van der Waals surface area contributed by atoms with Crippen molar-refractivity contribution in [2.75, 3.05) is 13.2 Å². The number of hydrogen-bond acceptors (Lipinski definition) is 5. The molecule has 1 aliphatic heterocycles. The Morgan fingerprint density at radius 3 is 2.58 bits per heavy atom. The molecular formula is C25H19BrFNO4S. The lowest BCUT2D eigenvalue weighted by Gasteiger charge is -2.13. The van der Waals surface area contributed by atoms with Crippen LogP contribution in [0.25, 0.3) is 6.08 Å². The Balaban J connectivity index is 1.45. The third kappa shape index (κ3) is 6.03. The Hall–Kier alpha value is -3.10. The number of rotatable bonds is 8. The first-order valence-electron chi connectivity index (χ1n) is 10.1. The van der Waals surface area contributed by atoms with Crippen LogP contribution in [-0.4, -0.2) is 29.2 Å². The van der Waals surface area contributed by atoms with Gasteiger partial charge in [-0.1, -0.05) is 46.3 Å². The molecule has 1 saturated heterocycles. The molecule has 3 aromatic carbocycles. The van der Waals surface area contributed by atoms with Crippen LogP contribution in [0.4, 0.5) is 9.18 Å². The minimum Gasteiger partial charge on any atom is -0.492 e. The molecule has 5 nitrogen and oxygen atoms in total. The fourth-order valence-corrected chi connectivity index (χ4v) is 4.39. The molecule has 3 aromatic rings. The number of benzene rings is 3. The summed E-state index contributed by atoms with van der Waals surface area (Å²) in [5, 5.41) is -0.347. The number of hydrogen-bond donors (Lipinski definition) is 0. The van der Waals surface area contributed by atoms with E-state index in [4.69, 9.17) is 9.47 Å². The molecule has 0 bridgehead atoms. The van der Waals surface area contributed by atoms with Gasteiger partial charge in [-0.3, -0.25) is 14.5 Å². The summed E-state index contributed by atoms with van der Waals surface area (Å²) in [7, 11) is 0. The van der Waals surface area contributed by atoms with Crippen LogP contribution >= 0.6 is 27.7 Å². The van der Waals surface area contributed by atoms with Crippen LogP contribution in [0.15, 0.2) is 82.2 Å². The lowest BCUT2D eigenvalue weighted by Crippen LogP contribution is -2.32. The van der Waals surface area contributed by atoms with Gasteiger partial charge in [0.2, 0.25) is 0 Å². The zero-order valence-electron chi connectivity index (χ0n) is 17.4. The minimum absolute atomic E-state index is 0.151. The fourth-order valence-electron chi connectivity index (χ4n) is 3.16. The van der Waals surface area contributed by atoms with Gasteiger partial charge in [0.1, 0.15) is 30.5 Å². The first-order valence-corrected chi connectivity index (χ1v) is 11.7. The van der Waals surface area contributed by atoms with Crippen molar-refractivity contribution in [3.8, 4) is 11.5 Å². The highest BCUT2D eigenvalue weighted by atomic mass is 79.9. The normalized spacial score (nSPS) is 14.7. The van der Waals surface area contributed by atoms with Gasteiger partial charge in [0.15, 0.2) is 0 Å². The van der Waals surface area contributed by atoms with E-state index in [-0.39, 0.29) is 36.7 Å². The summed E-state index contributed by atoms with van der Waals surface area (Å²) in [6.07, 6.45) is 1.63. The second kappa shape index (κ2) is 10.7. The van der Waals surface area contributed by atoms with Crippen molar-refractivity contribution in [2.45, 2.75) is 6.61 Å². The summed E-state index contributed by atoms with van der Waals surface area (Å²) in [4.78, 5) is 26.7. The third-order valence-electron chi connectivity index (χ3n) is 4.74. The zero-order valence-corrected chi connectivity index (χ0v) is 19.8. The molecular weight excluding hydrogens is 509 g/mol. The second-order valence-corrected chi connectivity index (χ2v) is 9.00. The van der Waals surface area contributed by atoms with Crippen LogP contribution in [0.5, 0.6) is 11.5 Å². The Labute approximate surface area is 203 Å². The molecule has 1 fully saturated rings. The molecule has 33 heavy (non-hydrogen) atoms. The van der Waals surface area contributed by atoms with E-state index in [9.17, 15) is 14.0 Å². The van der Waals surface area contributed by atoms with E-state index in [0.29, 0.717) is 27.5 Å². The van der Waals surface area contributed by atoms with Gasteiger partial charge in [0.05, 0.1) is 11.4 Å². The fraction of sp³-hybridized carbons (Fsp3) is 0.120. The molecule has 0 saturated carbocycles. The molecule has 0 N–H and O–H groups in total. The minimum atomic E-state index is -0.377. The standard InChI is InChI=1S/C25H19BrFNO4S/c26-19-9-10-22(32-16-17-5-4-6-20(27)13-17)18(14-19)15-23-24(29)28(25(30)33-23)11-12-31-21-7-2-1-3-8-21/h1-10,13-15H,11-12,16H2/b23-15-. The summed E-state index contributed by atoms with van der Waals surface area (Å²) in [5.74, 6) is 0.477. The van der Waals surface area contributed by atoms with Crippen LogP contribution in [0.1, 0.15) is 11.1 Å². The number of ether oxygens (including phenoxy) is 2. The maximum absolute atomic E-state index is 13.4. The summed E-state index contributed by atoms with van der Waals surface area (Å²) in [6.45, 7) is 0.519. The Kier molecular flexibility index (Phi) is 7.47. The van der Waals surface area contributed by atoms with Crippen molar-refractivity contribution in [2.24, 2.45) is 0 Å². The molecule has 8 heteroatoms. The van der Waals surface area contributed by atoms with Gasteiger partial charge < -0.3 is 9.47 Å². The Morgan fingerprint density at radius 2 is 1.79 bits per heavy atom. The van der Waals surface area contributed by atoms with E-state index in [2.05, 4.69) is 15.9 Å². The zero-order chi connectivity index (χ0) is 23.2. The number of carbonyl (C=O) groups excluding carboxylic acids is 2. The van der Waals surface area contributed by atoms with E-state index in [1.165, 1.54) is 17.0 Å². The second-order valence-electron chi connectivity index (χ2n) is 7.10. The van der Waals surface area contributed by atoms with Crippen LogP contribution in [0.3, 0.4) is 0 Å². The summed E-state index contributed by atoms with van der Waals surface area (Å²) < 4.78 is 25.7. The van der Waals surface area contributed by atoms with E-state index in [1.807, 2.05) is 36.4 Å². The molecule has 0 unspecified atom stereocenters. The molecule has 4 rings (SSSR count). The van der Waals surface area contributed by atoms with E-state index in [0.717, 1.165) is 16.2 Å². The molecule has 0 atom stereocenters. The van der Waals surface area contributed by atoms with Gasteiger partial charge >= 0.3 is 0 Å². The van der Waals surface area contributed by atoms with Gasteiger partial charge in [0.25, 0.3) is 11.1 Å². The average Bonchev–Trinajstić information content (AvgIpc) is 3.07. The Morgan fingerprint density at radius 1 is 0.970 bits per heavy atom. The molecule has 0 radical (unpaired) electrons. The monoisotopic (exact) mass is 527 g/mol. The van der Waals surface area contributed by atoms with Gasteiger partial charge in [-0.2, -0.15) is 0 Å². The largest absolute Gasteiger partial charge is 0.492 e. The lowest BCUT2D eigenvalue weighted by atomic mass is 10.1. The van der Waals surface area contributed by atoms with Gasteiger partial charge in [-0.15, -0.1) is 0 Å². The summed E-state index contributed by atoms with van der Waals surface area (Å²) >= 11 is 4.30. The highest BCUT2D eigenvalue weighted by molar-refractivity contribution is 9.10. The van der Waals surface area contributed by atoms with Gasteiger partial charge in [-0.05, 0) is 65.9 Å². The SMILES string of the molecule is O=C1S/C(=C\c2cc(Br)ccc2OCc2cccc(F)c2)C(=O)N1CCOc1ccccc1. The predicted octanol–water partition coefficient (Wildman–Crippen LogP) is 6.28. The highest BCUT2D eigenvalue weighted by Gasteiger charge is 2.35. The number of halogens is 2. The van der Waals surface area contributed by atoms with E-state index >= 15 is 0 Å². The maximum atomic E-state index is 13.4. The first-order chi connectivity index (χ1) is 16.0. The lowest BCUT2D eigenvalue weighted by molar-refractivity contribution is -0.123. The molecule has 2 amide bonds. The van der Waals surface area contributed by atoms with Gasteiger partial charge in [0, 0.05) is 10.0 Å². The van der Waals surface area contributed by atoms with E-state index in [1.54, 1.807) is 30.3 Å². The van der Waals surface area contributed by atoms with Crippen molar-refractivity contribution >= 4 is 44.9 Å². The topological polar surface area (TPSA) is 55.8 Å². The number of para-hydroxylation sites is 1. The van der Waals surface area contributed by atoms with Crippen LogP contribution in [0.2, 0.25) is 0 Å². The van der Waals surface area contributed by atoms with Crippen molar-refractivity contribution in [1.82, 2.24) is 4.90 Å². The first kappa shape index (κ1) is 23.1. The van der Waals surface area contributed by atoms with Crippen molar-refractivity contribution < 1.29 is 23.5 Å². The average molecular weight is 528 g/mol. The predicted molar refractivity (Wildman–Crippen MR) is 129 cm³/mol. The number of thioether (sulfide) groups is 1. The summed E-state index contributed by atoms with van der Waals surface area (Å²) in [5.41, 5.74) is 1.31. The van der Waals surface area contributed by atoms with Crippen molar-refractivity contribution in [1.29, 1.82) is 0 Å². The smallest absolute Gasteiger partial charge is 0.293 e. The van der Waals surface area contributed by atoms with Crippen LogP contribution in [-0.2, 0) is 11.4 Å². The van der Waals surface area contributed by atoms with Crippen molar-refractivity contribution in [3.05, 3.63) is 99.1 Å². The maximum Gasteiger partial charge on any atom is 0.293 e. The van der Waals surface area contributed by atoms with Gasteiger partial charge in [-0.25, -0.2) is 4.39 Å². The molecule has 1 heterocycles. The van der Waals surface area contributed by atoms with Crippen LogP contribution < -0.4 is 9.47 Å². The van der Waals surface area contributed by atoms with E-state index < -0.39 is 0 Å². The number of amides is 2. The molecule has 168 valence electrons. The molecule has 0 aromatic heterocycles. The molecule has 0 spiro atoms. The number of imide groups is 1. The van der Waals surface area contributed by atoms with Crippen molar-refractivity contribution in [3.63, 3.8) is 0 Å². The quantitative estimate of drug-likeness (QED) is 0.322. The highest BCUT2D eigenvalue weighted by Crippen LogP contribution is 2.35. The molecule has 0 aliphatic carbocycles. The third-order valence-corrected chi connectivity index (χ3v) is 6.14. The number of nitrogens with zero attached hydrogens (tertiary/aromatic N) is 1. The van der Waals surface area contributed by atoms with Crippen LogP contribution in [0, 0.1) is 5.82 Å². The summed E-state index contributed by atoms with van der Waals surface area (Å²) in [6, 6.07) is 20.7. The number of carbonyl (C=O) groups is 2. The molecule has 1 aliphatic rings.